The molecule has 8 atom stereocenters. The molecule has 0 spiro atoms. The predicted octanol–water partition coefficient (Wildman–Crippen LogP) is 5.52. The lowest BCUT2D eigenvalue weighted by Gasteiger charge is -2.57. The van der Waals surface area contributed by atoms with Gasteiger partial charge in [-0.05, 0) is 98.2 Å². The van der Waals surface area contributed by atoms with Gasteiger partial charge in [-0.25, -0.2) is 0 Å². The van der Waals surface area contributed by atoms with Gasteiger partial charge >= 0.3 is 5.97 Å². The van der Waals surface area contributed by atoms with Crippen molar-refractivity contribution in [2.75, 3.05) is 7.11 Å². The van der Waals surface area contributed by atoms with E-state index < -0.39 is 0 Å². The maximum atomic E-state index is 11.6. The second kappa shape index (κ2) is 7.45. The van der Waals surface area contributed by atoms with Crippen LogP contribution in [-0.2, 0) is 9.53 Å². The minimum absolute atomic E-state index is 0.0666. The highest BCUT2D eigenvalue weighted by Gasteiger charge is 2.57. The summed E-state index contributed by atoms with van der Waals surface area (Å²) >= 11 is 0. The van der Waals surface area contributed by atoms with Crippen molar-refractivity contribution in [1.82, 2.24) is 0 Å². The molecule has 3 nitrogen and oxygen atoms in total. The number of carbonyl (C=O) groups excluding carboxylic acids is 1. The highest BCUT2D eigenvalue weighted by molar-refractivity contribution is 5.69. The number of rotatable bonds is 4. The van der Waals surface area contributed by atoms with Crippen LogP contribution in [0.15, 0.2) is 11.6 Å². The second-order valence-electron chi connectivity index (χ2n) is 11.0. The quantitative estimate of drug-likeness (QED) is 0.510. The SMILES string of the molecule is COC(=O)CC[C@H](C)[C@@H]1CC[C@H]2[C@@H]3CC[C@@H]4C[C@H](O)CC[C@]4(C)C3=CC[C@@]21C. The molecule has 3 heteroatoms. The first-order valence-corrected chi connectivity index (χ1v) is 11.7. The summed E-state index contributed by atoms with van der Waals surface area (Å²) in [6.45, 7) is 7.42. The monoisotopic (exact) mass is 388 g/mol. The molecule has 0 radical (unpaired) electrons. The van der Waals surface area contributed by atoms with Gasteiger partial charge in [0, 0.05) is 6.42 Å². The van der Waals surface area contributed by atoms with Crippen LogP contribution >= 0.6 is 0 Å². The number of fused-ring (bicyclic) bond motifs is 5. The van der Waals surface area contributed by atoms with E-state index in [1.54, 1.807) is 5.57 Å². The molecule has 0 heterocycles. The molecule has 0 bridgehead atoms. The third-order valence-corrected chi connectivity index (χ3v) is 9.79. The molecule has 0 amide bonds. The maximum absolute atomic E-state index is 11.6. The smallest absolute Gasteiger partial charge is 0.305 e. The van der Waals surface area contributed by atoms with E-state index in [0.717, 1.165) is 37.0 Å². The average molecular weight is 389 g/mol. The number of allylic oxidation sites excluding steroid dienone is 2. The lowest BCUT2D eigenvalue weighted by atomic mass is 9.48. The Balaban J connectivity index is 1.53. The summed E-state index contributed by atoms with van der Waals surface area (Å²) in [5.74, 6) is 3.48. The number of carbonyl (C=O) groups is 1. The summed E-state index contributed by atoms with van der Waals surface area (Å²) in [7, 11) is 1.49. The van der Waals surface area contributed by atoms with Crippen LogP contribution in [0, 0.1) is 40.4 Å². The predicted molar refractivity (Wildman–Crippen MR) is 112 cm³/mol. The number of hydrogen-bond donors (Lipinski definition) is 1. The normalized spacial score (nSPS) is 46.0. The van der Waals surface area contributed by atoms with Crippen molar-refractivity contribution in [2.24, 2.45) is 40.4 Å². The van der Waals surface area contributed by atoms with Gasteiger partial charge in [-0.2, -0.15) is 0 Å². The Kier molecular flexibility index (Phi) is 5.44. The maximum Gasteiger partial charge on any atom is 0.305 e. The number of ether oxygens (including phenoxy) is 1. The Bertz CT molecular complexity index is 640. The van der Waals surface area contributed by atoms with Crippen LogP contribution in [0.5, 0.6) is 0 Å². The van der Waals surface area contributed by atoms with Crippen molar-refractivity contribution in [3.05, 3.63) is 11.6 Å². The second-order valence-corrected chi connectivity index (χ2v) is 11.0. The number of aliphatic hydroxyl groups is 1. The lowest BCUT2D eigenvalue weighted by Crippen LogP contribution is -2.48. The van der Waals surface area contributed by atoms with E-state index in [1.165, 1.54) is 45.6 Å². The Labute approximate surface area is 171 Å². The average Bonchev–Trinajstić information content (AvgIpc) is 3.03. The van der Waals surface area contributed by atoms with E-state index >= 15 is 0 Å². The zero-order valence-electron chi connectivity index (χ0n) is 18.4. The van der Waals surface area contributed by atoms with Crippen LogP contribution in [0.3, 0.4) is 0 Å². The molecule has 0 aliphatic heterocycles. The van der Waals surface area contributed by atoms with Crippen molar-refractivity contribution in [2.45, 2.75) is 91.1 Å². The Morgan fingerprint density at radius 1 is 1.25 bits per heavy atom. The fourth-order valence-electron chi connectivity index (χ4n) is 8.13. The molecule has 3 saturated carbocycles. The van der Waals surface area contributed by atoms with Crippen LogP contribution in [0.4, 0.5) is 0 Å². The molecule has 4 rings (SSSR count). The van der Waals surface area contributed by atoms with Crippen molar-refractivity contribution in [3.63, 3.8) is 0 Å². The van der Waals surface area contributed by atoms with Crippen molar-refractivity contribution < 1.29 is 14.6 Å². The molecule has 3 fully saturated rings. The molecule has 4 aliphatic carbocycles. The zero-order valence-corrected chi connectivity index (χ0v) is 18.4. The molecule has 0 aromatic carbocycles. The summed E-state index contributed by atoms with van der Waals surface area (Å²) in [6, 6.07) is 0. The molecule has 0 aromatic rings. The van der Waals surface area contributed by atoms with Gasteiger partial charge < -0.3 is 9.84 Å². The van der Waals surface area contributed by atoms with Crippen LogP contribution < -0.4 is 0 Å². The van der Waals surface area contributed by atoms with Gasteiger partial charge in [-0.1, -0.05) is 32.4 Å². The first-order chi connectivity index (χ1) is 13.3. The zero-order chi connectivity index (χ0) is 20.1. The van der Waals surface area contributed by atoms with E-state index in [0.29, 0.717) is 29.1 Å². The summed E-state index contributed by atoms with van der Waals surface area (Å²) in [6.07, 6.45) is 13.8. The van der Waals surface area contributed by atoms with Gasteiger partial charge in [0.25, 0.3) is 0 Å². The summed E-state index contributed by atoms with van der Waals surface area (Å²) in [5, 5.41) is 10.2. The van der Waals surface area contributed by atoms with Gasteiger partial charge in [0.1, 0.15) is 0 Å². The summed E-state index contributed by atoms with van der Waals surface area (Å²) in [4.78, 5) is 11.6. The molecule has 0 aromatic heterocycles. The molecule has 0 saturated heterocycles. The Morgan fingerprint density at radius 2 is 2.04 bits per heavy atom. The number of methoxy groups -OCH3 is 1. The van der Waals surface area contributed by atoms with Gasteiger partial charge in [0.05, 0.1) is 13.2 Å². The van der Waals surface area contributed by atoms with Crippen LogP contribution in [0.25, 0.3) is 0 Å². The molecule has 4 aliphatic rings. The third-order valence-electron chi connectivity index (χ3n) is 9.79. The molecular formula is C25H40O3. The van der Waals surface area contributed by atoms with Gasteiger partial charge in [-0.3, -0.25) is 4.79 Å². The van der Waals surface area contributed by atoms with E-state index in [9.17, 15) is 9.90 Å². The first kappa shape index (κ1) is 20.4. The standard InChI is InChI=1S/C25H40O3/c1-16(5-10-23(27)28-4)20-8-9-21-19-7-6-17-15-18(26)11-13-24(17,2)22(19)12-14-25(20,21)3/h12,16-21,26H,5-11,13-15H2,1-4H3/t16-,17+,18+,19-,20-,21-,24-,25+/m0/s1. The topological polar surface area (TPSA) is 46.5 Å². The number of aliphatic hydroxyl groups excluding tert-OH is 1. The van der Waals surface area contributed by atoms with Crippen LogP contribution in [0.2, 0.25) is 0 Å². The fraction of sp³-hybridized carbons (Fsp3) is 0.880. The minimum atomic E-state index is -0.0735. The van der Waals surface area contributed by atoms with Crippen molar-refractivity contribution in [3.8, 4) is 0 Å². The molecule has 158 valence electrons. The molecule has 0 unspecified atom stereocenters. The van der Waals surface area contributed by atoms with Gasteiger partial charge in [0.15, 0.2) is 0 Å². The van der Waals surface area contributed by atoms with Gasteiger partial charge in [-0.15, -0.1) is 0 Å². The summed E-state index contributed by atoms with van der Waals surface area (Å²) < 4.78 is 4.87. The highest BCUT2D eigenvalue weighted by Crippen LogP contribution is 2.66. The van der Waals surface area contributed by atoms with Crippen molar-refractivity contribution >= 4 is 5.97 Å². The van der Waals surface area contributed by atoms with E-state index in [4.69, 9.17) is 4.74 Å². The lowest BCUT2D eigenvalue weighted by molar-refractivity contribution is -0.141. The number of hydrogen-bond acceptors (Lipinski definition) is 3. The van der Waals surface area contributed by atoms with E-state index in [1.807, 2.05) is 0 Å². The third kappa shape index (κ3) is 3.16. The first-order valence-electron chi connectivity index (χ1n) is 11.7. The molecular weight excluding hydrogens is 348 g/mol. The number of esters is 1. The highest BCUT2D eigenvalue weighted by atomic mass is 16.5. The molecule has 1 N–H and O–H groups in total. The van der Waals surface area contributed by atoms with E-state index in [2.05, 4.69) is 26.8 Å². The fourth-order valence-corrected chi connectivity index (χ4v) is 8.13. The Morgan fingerprint density at radius 3 is 2.79 bits per heavy atom. The Hall–Kier alpha value is -0.830. The summed E-state index contributed by atoms with van der Waals surface area (Å²) in [5.41, 5.74) is 2.49. The van der Waals surface area contributed by atoms with E-state index in [-0.39, 0.29) is 12.1 Å². The van der Waals surface area contributed by atoms with Crippen LogP contribution in [0.1, 0.15) is 85.0 Å². The van der Waals surface area contributed by atoms with Crippen LogP contribution in [-0.4, -0.2) is 24.3 Å². The minimum Gasteiger partial charge on any atom is -0.469 e. The molecule has 28 heavy (non-hydrogen) atoms. The largest absolute Gasteiger partial charge is 0.469 e. The van der Waals surface area contributed by atoms with Gasteiger partial charge in [0.2, 0.25) is 0 Å². The van der Waals surface area contributed by atoms with Crippen molar-refractivity contribution in [1.29, 1.82) is 0 Å².